The van der Waals surface area contributed by atoms with E-state index in [4.69, 9.17) is 0 Å². The Balaban J connectivity index is 1.80. The lowest BCUT2D eigenvalue weighted by atomic mass is 10.1. The number of nitrogens with one attached hydrogen (secondary N) is 1. The van der Waals surface area contributed by atoms with E-state index in [1.807, 2.05) is 17.9 Å². The van der Waals surface area contributed by atoms with E-state index in [9.17, 15) is 0 Å². The van der Waals surface area contributed by atoms with Crippen molar-refractivity contribution in [2.75, 3.05) is 6.54 Å². The second-order valence-corrected chi connectivity index (χ2v) is 4.50. The van der Waals surface area contributed by atoms with Gasteiger partial charge in [0.05, 0.1) is 0 Å². The minimum absolute atomic E-state index is 0.946. The zero-order valence-corrected chi connectivity index (χ0v) is 11.2. The Labute approximate surface area is 109 Å². The van der Waals surface area contributed by atoms with Gasteiger partial charge in [-0.1, -0.05) is 31.2 Å². The second kappa shape index (κ2) is 6.36. The first-order chi connectivity index (χ1) is 8.81. The first kappa shape index (κ1) is 12.8. The van der Waals surface area contributed by atoms with E-state index in [1.54, 1.807) is 0 Å². The van der Waals surface area contributed by atoms with Crippen molar-refractivity contribution in [1.29, 1.82) is 0 Å². The smallest absolute Gasteiger partial charge is 0.0492 e. The molecule has 2 rings (SSSR count). The highest BCUT2D eigenvalue weighted by atomic mass is 15.3. The van der Waals surface area contributed by atoms with E-state index < -0.39 is 0 Å². The van der Waals surface area contributed by atoms with Gasteiger partial charge in [-0.25, -0.2) is 0 Å². The maximum absolute atomic E-state index is 4.17. The third kappa shape index (κ3) is 3.20. The number of nitrogens with zero attached hydrogens (tertiary/aromatic N) is 2. The summed E-state index contributed by atoms with van der Waals surface area (Å²) in [4.78, 5) is 0. The highest BCUT2D eigenvalue weighted by Gasteiger charge is 2.00. The van der Waals surface area contributed by atoms with Gasteiger partial charge in [-0.2, -0.15) is 5.10 Å². The third-order valence-electron chi connectivity index (χ3n) is 3.30. The van der Waals surface area contributed by atoms with Crippen LogP contribution in [0.3, 0.4) is 0 Å². The zero-order chi connectivity index (χ0) is 12.8. The largest absolute Gasteiger partial charge is 0.312 e. The lowest BCUT2D eigenvalue weighted by molar-refractivity contribution is 0.641. The standard InChI is InChI=1S/C15H21N3/c1-3-13-6-4-5-7-14(13)12-16-10-8-15-9-11-17-18(15)2/h4-7,9,11,16H,3,8,10,12H2,1-2H3. The monoisotopic (exact) mass is 243 g/mol. The molecule has 0 bridgehead atoms. The summed E-state index contributed by atoms with van der Waals surface area (Å²) in [6, 6.07) is 10.7. The van der Waals surface area contributed by atoms with Gasteiger partial charge in [0.1, 0.15) is 0 Å². The van der Waals surface area contributed by atoms with Gasteiger partial charge < -0.3 is 5.32 Å². The molecule has 0 amide bonds. The zero-order valence-electron chi connectivity index (χ0n) is 11.2. The Morgan fingerprint density at radius 3 is 2.61 bits per heavy atom. The van der Waals surface area contributed by atoms with Crippen LogP contribution in [0.15, 0.2) is 36.5 Å². The Hall–Kier alpha value is -1.61. The molecule has 0 fully saturated rings. The van der Waals surface area contributed by atoms with Crippen LogP contribution in [-0.2, 0) is 26.4 Å². The van der Waals surface area contributed by atoms with E-state index in [-0.39, 0.29) is 0 Å². The normalized spacial score (nSPS) is 10.8. The van der Waals surface area contributed by atoms with Crippen molar-refractivity contribution in [2.45, 2.75) is 26.3 Å². The summed E-state index contributed by atoms with van der Waals surface area (Å²) in [6.45, 7) is 4.13. The van der Waals surface area contributed by atoms with E-state index in [0.29, 0.717) is 0 Å². The van der Waals surface area contributed by atoms with Gasteiger partial charge in [0.2, 0.25) is 0 Å². The molecule has 0 spiro atoms. The summed E-state index contributed by atoms with van der Waals surface area (Å²) < 4.78 is 1.93. The molecule has 1 heterocycles. The fraction of sp³-hybridized carbons (Fsp3) is 0.400. The predicted octanol–water partition coefficient (Wildman–Crippen LogP) is 2.31. The van der Waals surface area contributed by atoms with Crippen LogP contribution >= 0.6 is 0 Å². The molecule has 3 heteroatoms. The van der Waals surface area contributed by atoms with Crippen molar-refractivity contribution in [2.24, 2.45) is 7.05 Å². The lowest BCUT2D eigenvalue weighted by Crippen LogP contribution is -2.18. The SMILES string of the molecule is CCc1ccccc1CNCCc1ccnn1C. The van der Waals surface area contributed by atoms with Crippen LogP contribution in [0.1, 0.15) is 23.7 Å². The Kier molecular flexibility index (Phi) is 4.53. The fourth-order valence-electron chi connectivity index (χ4n) is 2.16. The van der Waals surface area contributed by atoms with E-state index in [2.05, 4.69) is 47.7 Å². The minimum Gasteiger partial charge on any atom is -0.312 e. The number of hydrogen-bond donors (Lipinski definition) is 1. The van der Waals surface area contributed by atoms with Crippen molar-refractivity contribution in [3.8, 4) is 0 Å². The summed E-state index contributed by atoms with van der Waals surface area (Å²) in [6.07, 6.45) is 3.96. The van der Waals surface area contributed by atoms with Crippen molar-refractivity contribution in [3.05, 3.63) is 53.3 Å². The molecular weight excluding hydrogens is 222 g/mol. The highest BCUT2D eigenvalue weighted by molar-refractivity contribution is 5.26. The van der Waals surface area contributed by atoms with Gasteiger partial charge in [-0.05, 0) is 23.6 Å². The van der Waals surface area contributed by atoms with Crippen LogP contribution in [-0.4, -0.2) is 16.3 Å². The molecule has 0 aliphatic heterocycles. The van der Waals surface area contributed by atoms with Crippen molar-refractivity contribution in [3.63, 3.8) is 0 Å². The molecule has 0 atom stereocenters. The molecule has 1 N–H and O–H groups in total. The van der Waals surface area contributed by atoms with E-state index in [1.165, 1.54) is 16.8 Å². The van der Waals surface area contributed by atoms with E-state index >= 15 is 0 Å². The molecule has 0 radical (unpaired) electrons. The quantitative estimate of drug-likeness (QED) is 0.789. The minimum atomic E-state index is 0.946. The second-order valence-electron chi connectivity index (χ2n) is 4.50. The molecule has 0 aliphatic carbocycles. The van der Waals surface area contributed by atoms with Crippen LogP contribution in [0.25, 0.3) is 0 Å². The van der Waals surface area contributed by atoms with Crippen LogP contribution in [0.4, 0.5) is 0 Å². The summed E-state index contributed by atoms with van der Waals surface area (Å²) in [5.74, 6) is 0. The molecule has 1 aromatic carbocycles. The molecule has 1 aromatic heterocycles. The van der Waals surface area contributed by atoms with Gasteiger partial charge in [-0.3, -0.25) is 4.68 Å². The topological polar surface area (TPSA) is 29.9 Å². The van der Waals surface area contributed by atoms with Gasteiger partial charge in [0, 0.05) is 38.4 Å². The van der Waals surface area contributed by atoms with Crippen molar-refractivity contribution in [1.82, 2.24) is 15.1 Å². The molecule has 2 aromatic rings. The summed E-state index contributed by atoms with van der Waals surface area (Å²) in [5, 5.41) is 7.67. The maximum atomic E-state index is 4.17. The Bertz CT molecular complexity index is 488. The number of benzene rings is 1. The van der Waals surface area contributed by atoms with Gasteiger partial charge in [0.15, 0.2) is 0 Å². The molecule has 0 unspecified atom stereocenters. The molecular formula is C15H21N3. The Morgan fingerprint density at radius 2 is 1.94 bits per heavy atom. The molecule has 0 aliphatic rings. The average molecular weight is 243 g/mol. The molecule has 3 nitrogen and oxygen atoms in total. The molecule has 96 valence electrons. The highest BCUT2D eigenvalue weighted by Crippen LogP contribution is 2.08. The number of aryl methyl sites for hydroxylation is 2. The van der Waals surface area contributed by atoms with Crippen molar-refractivity contribution >= 4 is 0 Å². The number of rotatable bonds is 6. The van der Waals surface area contributed by atoms with Crippen LogP contribution < -0.4 is 5.32 Å². The lowest BCUT2D eigenvalue weighted by Gasteiger charge is -2.09. The first-order valence-electron chi connectivity index (χ1n) is 6.55. The third-order valence-corrected chi connectivity index (χ3v) is 3.30. The van der Waals surface area contributed by atoms with Crippen LogP contribution in [0, 0.1) is 0 Å². The molecule has 0 saturated heterocycles. The predicted molar refractivity (Wildman–Crippen MR) is 74.4 cm³/mol. The summed E-state index contributed by atoms with van der Waals surface area (Å²) in [5.41, 5.74) is 4.11. The van der Waals surface area contributed by atoms with Gasteiger partial charge in [0.25, 0.3) is 0 Å². The molecule has 0 saturated carbocycles. The summed E-state index contributed by atoms with van der Waals surface area (Å²) >= 11 is 0. The average Bonchev–Trinajstić information content (AvgIpc) is 2.81. The number of hydrogen-bond acceptors (Lipinski definition) is 2. The van der Waals surface area contributed by atoms with Gasteiger partial charge >= 0.3 is 0 Å². The number of aromatic nitrogens is 2. The fourth-order valence-corrected chi connectivity index (χ4v) is 2.16. The summed E-state index contributed by atoms with van der Waals surface area (Å²) in [7, 11) is 1.99. The first-order valence-corrected chi connectivity index (χ1v) is 6.55. The Morgan fingerprint density at radius 1 is 1.17 bits per heavy atom. The van der Waals surface area contributed by atoms with Crippen LogP contribution in [0.2, 0.25) is 0 Å². The molecule has 18 heavy (non-hydrogen) atoms. The van der Waals surface area contributed by atoms with Crippen molar-refractivity contribution < 1.29 is 0 Å². The van der Waals surface area contributed by atoms with E-state index in [0.717, 1.165) is 25.9 Å². The van der Waals surface area contributed by atoms with Gasteiger partial charge in [-0.15, -0.1) is 0 Å². The maximum Gasteiger partial charge on any atom is 0.0492 e. The van der Waals surface area contributed by atoms with Crippen LogP contribution in [0.5, 0.6) is 0 Å².